The third kappa shape index (κ3) is 5.05. The van der Waals surface area contributed by atoms with Crippen LogP contribution in [0.15, 0.2) is 36.5 Å². The molecule has 0 saturated heterocycles. The number of anilines is 1. The van der Waals surface area contributed by atoms with E-state index in [2.05, 4.69) is 15.6 Å². The van der Waals surface area contributed by atoms with E-state index in [0.29, 0.717) is 17.8 Å². The Kier molecular flexibility index (Phi) is 6.51. The lowest BCUT2D eigenvalue weighted by molar-refractivity contribution is -0.121. The number of carbonyl (C=O) groups excluding carboxylic acids is 4. The van der Waals surface area contributed by atoms with Gasteiger partial charge in [-0.2, -0.15) is 0 Å². The maximum Gasteiger partial charge on any atom is 0.267 e. The summed E-state index contributed by atoms with van der Waals surface area (Å²) in [6, 6.07) is 8.12. The Morgan fingerprint density at radius 3 is 2.50 bits per heavy atom. The largest absolute Gasteiger partial charge is 0.398 e. The zero-order chi connectivity index (χ0) is 21.7. The minimum atomic E-state index is -0.608. The molecule has 1 aliphatic rings. The van der Waals surface area contributed by atoms with Crippen molar-refractivity contribution >= 4 is 29.2 Å². The highest BCUT2D eigenvalue weighted by atomic mass is 16.2. The molecule has 0 aliphatic heterocycles. The molecule has 9 nitrogen and oxygen atoms in total. The molecule has 1 fully saturated rings. The number of H-pyrrole nitrogens is 1. The number of aromatic nitrogens is 1. The number of rotatable bonds is 9. The molecule has 1 aromatic carbocycles. The van der Waals surface area contributed by atoms with Crippen molar-refractivity contribution in [2.75, 3.05) is 12.3 Å². The van der Waals surface area contributed by atoms with Crippen LogP contribution in [0.5, 0.6) is 0 Å². The number of amides is 3. The van der Waals surface area contributed by atoms with Crippen LogP contribution in [0, 0.1) is 5.92 Å². The van der Waals surface area contributed by atoms with Crippen LogP contribution in [0.4, 0.5) is 5.69 Å². The molecule has 30 heavy (non-hydrogen) atoms. The van der Waals surface area contributed by atoms with Gasteiger partial charge in [0.05, 0.1) is 5.56 Å². The Morgan fingerprint density at radius 1 is 1.10 bits per heavy atom. The number of primary amides is 1. The van der Waals surface area contributed by atoms with E-state index in [1.807, 2.05) is 0 Å². The van der Waals surface area contributed by atoms with Gasteiger partial charge in [-0.1, -0.05) is 12.1 Å². The predicted octanol–water partition coefficient (Wildman–Crippen LogP) is 0.984. The quantitative estimate of drug-likeness (QED) is 0.307. The van der Waals surface area contributed by atoms with Gasteiger partial charge in [0.1, 0.15) is 5.69 Å². The molecular weight excluding hydrogens is 386 g/mol. The number of nitrogen functional groups attached to an aromatic ring is 1. The van der Waals surface area contributed by atoms with Crippen molar-refractivity contribution < 1.29 is 19.2 Å². The summed E-state index contributed by atoms with van der Waals surface area (Å²) < 4.78 is 0. The molecular formula is C21H25N5O4. The van der Waals surface area contributed by atoms with Crippen LogP contribution in [-0.2, 0) is 4.79 Å². The van der Waals surface area contributed by atoms with E-state index >= 15 is 0 Å². The molecule has 0 unspecified atom stereocenters. The van der Waals surface area contributed by atoms with Gasteiger partial charge in [0.2, 0.25) is 11.8 Å². The second-order valence-electron chi connectivity index (χ2n) is 7.40. The van der Waals surface area contributed by atoms with E-state index in [1.165, 1.54) is 12.3 Å². The number of aromatic amines is 1. The van der Waals surface area contributed by atoms with Crippen molar-refractivity contribution in [3.05, 3.63) is 53.3 Å². The Hall–Kier alpha value is -3.62. The number of benzene rings is 1. The number of para-hydroxylation sites is 1. The van der Waals surface area contributed by atoms with Gasteiger partial charge in [0, 0.05) is 42.9 Å². The first-order chi connectivity index (χ1) is 14.3. The Balaban J connectivity index is 1.40. The number of hydrogen-bond acceptors (Lipinski definition) is 5. The summed E-state index contributed by atoms with van der Waals surface area (Å²) in [5.41, 5.74) is 12.3. The molecule has 2 aromatic rings. The molecule has 9 heteroatoms. The van der Waals surface area contributed by atoms with Crippen molar-refractivity contribution in [1.29, 1.82) is 0 Å². The number of nitrogens with one attached hydrogen (secondary N) is 3. The van der Waals surface area contributed by atoms with E-state index < -0.39 is 5.91 Å². The fourth-order valence-corrected chi connectivity index (χ4v) is 3.36. The van der Waals surface area contributed by atoms with Gasteiger partial charge < -0.3 is 27.1 Å². The first kappa shape index (κ1) is 21.1. The van der Waals surface area contributed by atoms with Gasteiger partial charge in [-0.05, 0) is 37.0 Å². The van der Waals surface area contributed by atoms with Crippen molar-refractivity contribution in [3.8, 4) is 0 Å². The molecule has 0 spiro atoms. The van der Waals surface area contributed by atoms with Crippen LogP contribution in [0.3, 0.4) is 0 Å². The van der Waals surface area contributed by atoms with Gasteiger partial charge in [0.15, 0.2) is 5.78 Å². The van der Waals surface area contributed by atoms with Crippen LogP contribution < -0.4 is 22.1 Å². The Morgan fingerprint density at radius 2 is 1.87 bits per heavy atom. The van der Waals surface area contributed by atoms with E-state index in [4.69, 9.17) is 11.5 Å². The lowest BCUT2D eigenvalue weighted by Crippen LogP contribution is -2.51. The maximum atomic E-state index is 12.3. The third-order valence-electron chi connectivity index (χ3n) is 5.35. The Labute approximate surface area is 173 Å². The minimum absolute atomic E-state index is 0.0659. The topological polar surface area (TPSA) is 160 Å². The SMILES string of the molecule is NC(=O)c1c[nH]c(C(=O)N[C@@H]2CC[C@@H]2CNC(=O)CCC(=O)c2ccccc2N)c1. The zero-order valence-electron chi connectivity index (χ0n) is 16.4. The molecule has 2 atom stereocenters. The van der Waals surface area contributed by atoms with Gasteiger partial charge in [-0.25, -0.2) is 0 Å². The second kappa shape index (κ2) is 9.25. The molecule has 0 radical (unpaired) electrons. The van der Waals surface area contributed by atoms with Crippen molar-refractivity contribution in [1.82, 2.24) is 15.6 Å². The van der Waals surface area contributed by atoms with Gasteiger partial charge >= 0.3 is 0 Å². The molecule has 3 rings (SSSR count). The van der Waals surface area contributed by atoms with Gasteiger partial charge in [-0.15, -0.1) is 0 Å². The number of carbonyl (C=O) groups is 4. The first-order valence-electron chi connectivity index (χ1n) is 9.78. The summed E-state index contributed by atoms with van der Waals surface area (Å²) in [5.74, 6) is -1.20. The van der Waals surface area contributed by atoms with Gasteiger partial charge in [0.25, 0.3) is 5.91 Å². The predicted molar refractivity (Wildman–Crippen MR) is 111 cm³/mol. The van der Waals surface area contributed by atoms with E-state index in [9.17, 15) is 19.2 Å². The second-order valence-corrected chi connectivity index (χ2v) is 7.40. The van der Waals surface area contributed by atoms with Crippen LogP contribution in [0.25, 0.3) is 0 Å². The summed E-state index contributed by atoms with van der Waals surface area (Å²) in [7, 11) is 0. The average molecular weight is 411 g/mol. The average Bonchev–Trinajstić information content (AvgIpc) is 3.20. The Bertz CT molecular complexity index is 968. The number of Topliss-reactive ketones (excluding diaryl/α,β-unsaturated/α-hetero) is 1. The summed E-state index contributed by atoms with van der Waals surface area (Å²) >= 11 is 0. The smallest absolute Gasteiger partial charge is 0.267 e. The summed E-state index contributed by atoms with van der Waals surface area (Å²) in [5, 5.41) is 5.72. The zero-order valence-corrected chi connectivity index (χ0v) is 16.4. The first-order valence-corrected chi connectivity index (χ1v) is 9.78. The standard InChI is InChI=1S/C21H25N5O4/c22-15-4-2-1-3-14(15)18(27)7-8-19(28)25-10-12-5-6-16(12)26-21(30)17-9-13(11-24-17)20(23)29/h1-4,9,11-12,16,24H,5-8,10,22H2,(H2,23,29)(H,25,28)(H,26,30)/t12-,16-/m1/s1. The third-order valence-corrected chi connectivity index (χ3v) is 5.35. The van der Waals surface area contributed by atoms with Crippen LogP contribution in [0.1, 0.15) is 56.9 Å². The van der Waals surface area contributed by atoms with E-state index in [-0.39, 0.29) is 53.7 Å². The lowest BCUT2D eigenvalue weighted by atomic mass is 9.79. The summed E-state index contributed by atoms with van der Waals surface area (Å²) in [6.45, 7) is 0.419. The van der Waals surface area contributed by atoms with E-state index in [0.717, 1.165) is 12.8 Å². The number of ketones is 1. The molecule has 1 heterocycles. The number of nitrogens with two attached hydrogens (primary N) is 2. The van der Waals surface area contributed by atoms with Crippen molar-refractivity contribution in [2.24, 2.45) is 11.7 Å². The van der Waals surface area contributed by atoms with E-state index in [1.54, 1.807) is 24.3 Å². The highest BCUT2D eigenvalue weighted by Crippen LogP contribution is 2.27. The summed E-state index contributed by atoms with van der Waals surface area (Å²) in [6.07, 6.45) is 3.23. The van der Waals surface area contributed by atoms with Crippen LogP contribution in [0.2, 0.25) is 0 Å². The maximum absolute atomic E-state index is 12.3. The molecule has 158 valence electrons. The minimum Gasteiger partial charge on any atom is -0.398 e. The number of hydrogen-bond donors (Lipinski definition) is 5. The molecule has 1 aromatic heterocycles. The van der Waals surface area contributed by atoms with Crippen molar-refractivity contribution in [2.45, 2.75) is 31.7 Å². The molecule has 1 saturated carbocycles. The fraction of sp³-hybridized carbons (Fsp3) is 0.333. The normalized spacial score (nSPS) is 17.6. The monoisotopic (exact) mass is 411 g/mol. The molecule has 3 amide bonds. The molecule has 7 N–H and O–H groups in total. The summed E-state index contributed by atoms with van der Waals surface area (Å²) in [4.78, 5) is 50.4. The molecule has 0 bridgehead atoms. The fourth-order valence-electron chi connectivity index (χ4n) is 3.36. The van der Waals surface area contributed by atoms with Crippen LogP contribution in [-0.4, -0.2) is 41.1 Å². The van der Waals surface area contributed by atoms with Gasteiger partial charge in [-0.3, -0.25) is 19.2 Å². The highest BCUT2D eigenvalue weighted by molar-refractivity contribution is 6.02. The highest BCUT2D eigenvalue weighted by Gasteiger charge is 2.32. The molecule has 1 aliphatic carbocycles. The lowest BCUT2D eigenvalue weighted by Gasteiger charge is -2.37. The van der Waals surface area contributed by atoms with Crippen LogP contribution >= 0.6 is 0 Å². The van der Waals surface area contributed by atoms with Crippen molar-refractivity contribution in [3.63, 3.8) is 0 Å².